The molecule has 146 valence electrons. The zero-order valence-corrected chi connectivity index (χ0v) is 16.5. The molecule has 1 N–H and O–H groups in total. The van der Waals surface area contributed by atoms with Crippen molar-refractivity contribution in [2.24, 2.45) is 0 Å². The van der Waals surface area contributed by atoms with Crippen LogP contribution in [0.5, 0.6) is 0 Å². The summed E-state index contributed by atoms with van der Waals surface area (Å²) in [4.78, 5) is 31.2. The van der Waals surface area contributed by atoms with E-state index in [9.17, 15) is 14.0 Å². The lowest BCUT2D eigenvalue weighted by Gasteiger charge is -2.22. The highest BCUT2D eigenvalue weighted by Crippen LogP contribution is 2.27. The number of carbonyl (C=O) groups excluding carboxylic acids is 1. The number of thiophene rings is 1. The van der Waals surface area contributed by atoms with Crippen molar-refractivity contribution >= 4 is 27.5 Å². The molecule has 4 rings (SSSR count). The average molecular weight is 399 g/mol. The summed E-state index contributed by atoms with van der Waals surface area (Å²) in [6, 6.07) is 6.57. The molecule has 1 aromatic carbocycles. The third kappa shape index (κ3) is 3.58. The van der Waals surface area contributed by atoms with E-state index in [4.69, 9.17) is 0 Å². The Morgan fingerprint density at radius 1 is 1.29 bits per heavy atom. The number of amides is 1. The minimum absolute atomic E-state index is 0.105. The van der Waals surface area contributed by atoms with Crippen molar-refractivity contribution in [3.8, 4) is 0 Å². The number of nitrogens with one attached hydrogen (secondary N) is 1. The first-order chi connectivity index (χ1) is 13.5. The number of hydrogen-bond donors (Lipinski definition) is 1. The molecule has 28 heavy (non-hydrogen) atoms. The van der Waals surface area contributed by atoms with E-state index in [1.165, 1.54) is 34.7 Å². The second-order valence-corrected chi connectivity index (χ2v) is 8.31. The molecule has 1 fully saturated rings. The molecule has 0 aliphatic heterocycles. The van der Waals surface area contributed by atoms with Gasteiger partial charge in [-0.3, -0.25) is 14.2 Å². The molecule has 7 heteroatoms. The smallest absolute Gasteiger partial charge is 0.262 e. The van der Waals surface area contributed by atoms with E-state index in [2.05, 4.69) is 10.3 Å². The molecule has 1 aliphatic carbocycles. The molecule has 0 radical (unpaired) electrons. The van der Waals surface area contributed by atoms with Crippen LogP contribution >= 0.6 is 11.3 Å². The number of aryl methyl sites for hydroxylation is 1. The number of benzene rings is 1. The number of nitrogens with zero attached hydrogens (tertiary/aromatic N) is 2. The average Bonchev–Trinajstić information content (AvgIpc) is 3.04. The molecular formula is C21H22FN3O2S. The van der Waals surface area contributed by atoms with Gasteiger partial charge in [0.15, 0.2) is 0 Å². The predicted molar refractivity (Wildman–Crippen MR) is 108 cm³/mol. The SMILES string of the molecule is Cc1c(C(=O)NC2CCCCC2)sc2ncn(Cc3ccccc3F)c(=O)c12. The minimum atomic E-state index is -0.357. The maximum absolute atomic E-state index is 13.9. The number of carbonyl (C=O) groups is 1. The van der Waals surface area contributed by atoms with Crippen molar-refractivity contribution < 1.29 is 9.18 Å². The van der Waals surface area contributed by atoms with E-state index in [-0.39, 0.29) is 29.9 Å². The van der Waals surface area contributed by atoms with Gasteiger partial charge < -0.3 is 5.32 Å². The topological polar surface area (TPSA) is 64.0 Å². The molecule has 5 nitrogen and oxygen atoms in total. The number of rotatable bonds is 4. The molecular weight excluding hydrogens is 377 g/mol. The van der Waals surface area contributed by atoms with Crippen molar-refractivity contribution in [3.63, 3.8) is 0 Å². The van der Waals surface area contributed by atoms with E-state index in [1.54, 1.807) is 25.1 Å². The van der Waals surface area contributed by atoms with E-state index in [1.807, 2.05) is 0 Å². The van der Waals surface area contributed by atoms with Crippen LogP contribution in [0.3, 0.4) is 0 Å². The lowest BCUT2D eigenvalue weighted by Crippen LogP contribution is -2.36. The second kappa shape index (κ2) is 7.83. The molecule has 1 saturated carbocycles. The van der Waals surface area contributed by atoms with Crippen LogP contribution in [-0.2, 0) is 6.54 Å². The number of halogens is 1. The molecule has 1 aliphatic rings. The molecule has 0 saturated heterocycles. The monoisotopic (exact) mass is 399 g/mol. The van der Waals surface area contributed by atoms with E-state index in [0.717, 1.165) is 25.7 Å². The molecule has 2 heterocycles. The Kier molecular flexibility index (Phi) is 5.26. The Hall–Kier alpha value is -2.54. The van der Waals surface area contributed by atoms with Gasteiger partial charge in [0.2, 0.25) is 0 Å². The summed E-state index contributed by atoms with van der Waals surface area (Å²) in [5.74, 6) is -0.489. The van der Waals surface area contributed by atoms with Crippen LogP contribution in [0.25, 0.3) is 10.2 Å². The van der Waals surface area contributed by atoms with Crippen LogP contribution in [0, 0.1) is 12.7 Å². The third-order valence-corrected chi connectivity index (χ3v) is 6.56. The Morgan fingerprint density at radius 3 is 2.79 bits per heavy atom. The minimum Gasteiger partial charge on any atom is -0.349 e. The van der Waals surface area contributed by atoms with E-state index >= 15 is 0 Å². The Bertz CT molecular complexity index is 1080. The third-order valence-electron chi connectivity index (χ3n) is 5.36. The maximum atomic E-state index is 13.9. The van der Waals surface area contributed by atoms with Crippen LogP contribution in [0.4, 0.5) is 4.39 Å². The van der Waals surface area contributed by atoms with Gasteiger partial charge in [-0.1, -0.05) is 37.5 Å². The predicted octanol–water partition coefficient (Wildman–Crippen LogP) is 4.02. The molecule has 2 aromatic heterocycles. The van der Waals surface area contributed by atoms with Gasteiger partial charge in [0, 0.05) is 11.6 Å². The summed E-state index contributed by atoms with van der Waals surface area (Å²) in [6.07, 6.45) is 6.93. The summed E-state index contributed by atoms with van der Waals surface area (Å²) in [6.45, 7) is 1.89. The highest BCUT2D eigenvalue weighted by Gasteiger charge is 2.22. The molecule has 0 unspecified atom stereocenters. The first-order valence-electron chi connectivity index (χ1n) is 9.57. The molecule has 0 atom stereocenters. The highest BCUT2D eigenvalue weighted by molar-refractivity contribution is 7.20. The first kappa shape index (κ1) is 18.8. The van der Waals surface area contributed by atoms with Crippen LogP contribution in [-0.4, -0.2) is 21.5 Å². The van der Waals surface area contributed by atoms with Crippen LogP contribution < -0.4 is 10.9 Å². The van der Waals surface area contributed by atoms with Crippen LogP contribution in [0.1, 0.15) is 52.9 Å². The fourth-order valence-corrected chi connectivity index (χ4v) is 4.84. The van der Waals surface area contributed by atoms with Crippen LogP contribution in [0.2, 0.25) is 0 Å². The van der Waals surface area contributed by atoms with Crippen molar-refractivity contribution in [1.29, 1.82) is 0 Å². The maximum Gasteiger partial charge on any atom is 0.262 e. The Labute approximate surface area is 166 Å². The van der Waals surface area contributed by atoms with Gasteiger partial charge in [-0.15, -0.1) is 11.3 Å². The normalized spacial score (nSPS) is 15.1. The van der Waals surface area contributed by atoms with Gasteiger partial charge in [-0.25, -0.2) is 9.37 Å². The molecule has 1 amide bonds. The molecule has 0 bridgehead atoms. The number of hydrogen-bond acceptors (Lipinski definition) is 4. The standard InChI is InChI=1S/C21H22FN3O2S/c1-13-17-20(28-18(13)19(26)24-15-8-3-2-4-9-15)23-12-25(21(17)27)11-14-7-5-6-10-16(14)22/h5-7,10,12,15H,2-4,8-9,11H2,1H3,(H,24,26). The van der Waals surface area contributed by atoms with Gasteiger partial charge in [0.1, 0.15) is 10.6 Å². The van der Waals surface area contributed by atoms with E-state index < -0.39 is 0 Å². The number of aromatic nitrogens is 2. The lowest BCUT2D eigenvalue weighted by atomic mass is 9.95. The summed E-state index contributed by atoms with van der Waals surface area (Å²) in [5, 5.41) is 3.55. The summed E-state index contributed by atoms with van der Waals surface area (Å²) < 4.78 is 15.3. The highest BCUT2D eigenvalue weighted by atomic mass is 32.1. The Balaban J connectivity index is 1.65. The first-order valence-corrected chi connectivity index (χ1v) is 10.4. The van der Waals surface area contributed by atoms with Crippen molar-refractivity contribution in [2.75, 3.05) is 0 Å². The van der Waals surface area contributed by atoms with Gasteiger partial charge >= 0.3 is 0 Å². The zero-order chi connectivity index (χ0) is 19.7. The second-order valence-electron chi connectivity index (χ2n) is 7.31. The Morgan fingerprint density at radius 2 is 2.04 bits per heavy atom. The van der Waals surface area contributed by atoms with Gasteiger partial charge in [-0.05, 0) is 31.4 Å². The molecule has 3 aromatic rings. The van der Waals surface area contributed by atoms with Crippen molar-refractivity contribution in [3.05, 3.63) is 62.8 Å². The summed E-state index contributed by atoms with van der Waals surface area (Å²) in [7, 11) is 0. The van der Waals surface area contributed by atoms with E-state index in [0.29, 0.717) is 26.2 Å². The van der Waals surface area contributed by atoms with Gasteiger partial charge in [0.05, 0.1) is 23.1 Å². The van der Waals surface area contributed by atoms with Crippen molar-refractivity contribution in [1.82, 2.24) is 14.9 Å². The van der Waals surface area contributed by atoms with Gasteiger partial charge in [-0.2, -0.15) is 0 Å². The fraction of sp³-hybridized carbons (Fsp3) is 0.381. The van der Waals surface area contributed by atoms with Gasteiger partial charge in [0.25, 0.3) is 11.5 Å². The molecule has 0 spiro atoms. The van der Waals surface area contributed by atoms with Crippen LogP contribution in [0.15, 0.2) is 35.4 Å². The number of fused-ring (bicyclic) bond motifs is 1. The fourth-order valence-electron chi connectivity index (χ4n) is 3.80. The summed E-state index contributed by atoms with van der Waals surface area (Å²) in [5.41, 5.74) is 0.821. The summed E-state index contributed by atoms with van der Waals surface area (Å²) >= 11 is 1.24. The lowest BCUT2D eigenvalue weighted by molar-refractivity contribution is 0.0931. The van der Waals surface area contributed by atoms with Crippen molar-refractivity contribution in [2.45, 2.75) is 51.6 Å². The zero-order valence-electron chi connectivity index (χ0n) is 15.7. The largest absolute Gasteiger partial charge is 0.349 e. The quantitative estimate of drug-likeness (QED) is 0.721.